The van der Waals surface area contributed by atoms with Crippen LogP contribution in [0.2, 0.25) is 0 Å². The van der Waals surface area contributed by atoms with Crippen molar-refractivity contribution in [1.29, 1.82) is 0 Å². The van der Waals surface area contributed by atoms with Gasteiger partial charge in [0, 0.05) is 4.66 Å². The molecule has 0 spiro atoms. The van der Waals surface area contributed by atoms with Crippen LogP contribution in [0.1, 0.15) is 13.8 Å². The molecular weight excluding hydrogens is 294 g/mol. The first kappa shape index (κ1) is 14.7. The molecule has 0 aromatic rings. The predicted octanol–water partition coefficient (Wildman–Crippen LogP) is 5.35. The van der Waals surface area contributed by atoms with Crippen molar-refractivity contribution in [2.24, 2.45) is 10.4 Å². The fourth-order valence-corrected chi connectivity index (χ4v) is 5.48. The Labute approximate surface area is 91.9 Å². The Kier molecular flexibility index (Phi) is 5.05. The van der Waals surface area contributed by atoms with E-state index in [1.807, 2.05) is 0 Å². The van der Waals surface area contributed by atoms with Gasteiger partial charge >= 0.3 is 24.8 Å². The first-order valence-electron chi connectivity index (χ1n) is 4.08. The van der Waals surface area contributed by atoms with Crippen molar-refractivity contribution < 1.29 is 26.1 Å². The molecule has 0 aromatic carbocycles. The molecule has 3 unspecified atom stereocenters. The van der Waals surface area contributed by atoms with E-state index in [1.54, 1.807) is 13.8 Å². The van der Waals surface area contributed by atoms with Gasteiger partial charge in [-0.15, -0.1) is 8.96 Å². The lowest BCUT2D eigenvalue weighted by molar-refractivity contribution is 0.153. The summed E-state index contributed by atoms with van der Waals surface area (Å²) in [5.41, 5.74) is 0. The molecule has 0 N–H and O–H groups in total. The van der Waals surface area contributed by atoms with Gasteiger partial charge in [0.15, 0.2) is 0 Å². The van der Waals surface area contributed by atoms with Crippen LogP contribution in [-0.4, -0.2) is 15.9 Å². The minimum atomic E-state index is -4.84. The first-order chi connectivity index (χ1) is 7.28. The minimum absolute atomic E-state index is 0.170. The summed E-state index contributed by atoms with van der Waals surface area (Å²) in [4.78, 5) is 0. The Morgan fingerprint density at radius 1 is 1.38 bits per heavy atom. The number of halogens is 5. The van der Waals surface area contributed by atoms with Gasteiger partial charge in [-0.25, -0.2) is 0 Å². The van der Waals surface area contributed by atoms with E-state index in [1.165, 1.54) is 0 Å². The van der Waals surface area contributed by atoms with E-state index in [0.29, 0.717) is 0 Å². The summed E-state index contributed by atoms with van der Waals surface area (Å²) >= 11 is 0. The second-order valence-electron chi connectivity index (χ2n) is 3.21. The van der Waals surface area contributed by atoms with Gasteiger partial charge < -0.3 is 4.52 Å². The van der Waals surface area contributed by atoms with Gasteiger partial charge in [-0.2, -0.15) is 17.1 Å². The van der Waals surface area contributed by atoms with Crippen LogP contribution in [0.15, 0.2) is 4.52 Å². The van der Waals surface area contributed by atoms with Crippen molar-refractivity contribution in [1.82, 2.24) is 9.33 Å². The van der Waals surface area contributed by atoms with E-state index in [4.69, 9.17) is 0 Å². The van der Waals surface area contributed by atoms with Crippen molar-refractivity contribution in [2.75, 3.05) is 6.61 Å². The zero-order valence-corrected chi connectivity index (χ0v) is 10.9. The number of hydrogen-bond acceptors (Lipinski definition) is 4. The maximum Gasteiger partial charge on any atom is 0.371 e. The van der Waals surface area contributed by atoms with E-state index in [0.717, 1.165) is 0 Å². The maximum atomic E-state index is 13.6. The van der Waals surface area contributed by atoms with Crippen molar-refractivity contribution in [3.8, 4) is 0 Å². The summed E-state index contributed by atoms with van der Waals surface area (Å²) in [7, 11) is -12.2. The zero-order chi connectivity index (χ0) is 12.5. The molecule has 12 heteroatoms. The smallest absolute Gasteiger partial charge is 0.307 e. The highest BCUT2D eigenvalue weighted by Gasteiger charge is 2.51. The predicted molar refractivity (Wildman–Crippen MR) is 53.2 cm³/mol. The summed E-state index contributed by atoms with van der Waals surface area (Å²) in [5.74, 6) is -0.170. The van der Waals surface area contributed by atoms with Crippen LogP contribution >= 0.6 is 24.8 Å². The molecule has 0 aliphatic carbocycles. The lowest BCUT2D eigenvalue weighted by Crippen LogP contribution is -2.14. The maximum absolute atomic E-state index is 13.6. The molecule has 0 saturated carbocycles. The van der Waals surface area contributed by atoms with Crippen molar-refractivity contribution in [2.45, 2.75) is 13.8 Å². The molecule has 96 valence electrons. The Hall–Kier alpha value is 0.620. The number of rotatable bonds is 3. The van der Waals surface area contributed by atoms with Gasteiger partial charge in [0.1, 0.15) is 0 Å². The van der Waals surface area contributed by atoms with E-state index in [9.17, 15) is 21.6 Å². The van der Waals surface area contributed by atoms with E-state index in [-0.39, 0.29) is 12.5 Å². The second-order valence-corrected chi connectivity index (χ2v) is 8.13. The number of hydrogen-bond donors (Lipinski definition) is 0. The van der Waals surface area contributed by atoms with Gasteiger partial charge in [0.05, 0.1) is 6.61 Å². The molecule has 1 aliphatic rings. The molecule has 3 atom stereocenters. The zero-order valence-electron chi connectivity index (χ0n) is 8.27. The quantitative estimate of drug-likeness (QED) is 0.399. The molecule has 16 heavy (non-hydrogen) atoms. The summed E-state index contributed by atoms with van der Waals surface area (Å²) in [6.07, 6.45) is 0. The third kappa shape index (κ3) is 3.09. The van der Waals surface area contributed by atoms with Crippen LogP contribution in [0, 0.1) is 5.92 Å². The Morgan fingerprint density at radius 2 is 1.94 bits per heavy atom. The highest BCUT2D eigenvalue weighted by atomic mass is 31.3. The van der Waals surface area contributed by atoms with Gasteiger partial charge in [-0.3, -0.25) is 0 Å². The molecule has 0 amide bonds. The average molecular weight is 303 g/mol. The van der Waals surface area contributed by atoms with Crippen LogP contribution in [-0.2, 0) is 4.52 Å². The van der Waals surface area contributed by atoms with Crippen LogP contribution in [0.4, 0.5) is 21.6 Å². The van der Waals surface area contributed by atoms with Gasteiger partial charge in [-0.1, -0.05) is 13.8 Å². The molecule has 0 radical (unpaired) electrons. The highest BCUT2D eigenvalue weighted by molar-refractivity contribution is 7.77. The number of nitrogens with zero attached hydrogens (tertiary/aromatic N) is 3. The summed E-state index contributed by atoms with van der Waals surface area (Å²) in [5, 5.41) is 0. The Morgan fingerprint density at radius 3 is 2.44 bits per heavy atom. The molecular formula is C4H9F5N3OP3. The Bertz CT molecular complexity index is 307. The molecule has 0 bridgehead atoms. The van der Waals surface area contributed by atoms with Crippen LogP contribution in [0.5, 0.6) is 0 Å². The first-order valence-corrected chi connectivity index (χ1v) is 7.86. The standard InChI is InChI=1S/C4H9F5N3OP3/c1-4(2)3-13-16(9)10-14(7)11(5)15(8)12(16)6/h4H,3H2,1-2H3. The molecule has 0 saturated heterocycles. The Balaban J connectivity index is 2.88. The van der Waals surface area contributed by atoms with Crippen molar-refractivity contribution in [3.05, 3.63) is 0 Å². The molecule has 1 aliphatic heterocycles. The van der Waals surface area contributed by atoms with Gasteiger partial charge in [0.2, 0.25) is 0 Å². The highest BCUT2D eigenvalue weighted by Crippen LogP contribution is 2.80. The average Bonchev–Trinajstić information content (AvgIpc) is 2.21. The molecule has 1 heterocycles. The summed E-state index contributed by atoms with van der Waals surface area (Å²) < 4.78 is 69.6. The SMILES string of the molecule is CC(C)COP1(F)=NP(F)N(F)P(F)N1F. The monoisotopic (exact) mass is 303 g/mol. The van der Waals surface area contributed by atoms with Gasteiger partial charge in [-0.05, 0) is 10.6 Å². The second kappa shape index (κ2) is 5.51. The minimum Gasteiger partial charge on any atom is -0.307 e. The fourth-order valence-electron chi connectivity index (χ4n) is 0.687. The topological polar surface area (TPSA) is 28.1 Å². The van der Waals surface area contributed by atoms with E-state index in [2.05, 4.69) is 9.04 Å². The van der Waals surface area contributed by atoms with Crippen LogP contribution in [0.25, 0.3) is 0 Å². The summed E-state index contributed by atoms with van der Waals surface area (Å²) in [6.45, 7) is 3.01. The summed E-state index contributed by atoms with van der Waals surface area (Å²) in [6, 6.07) is 0. The van der Waals surface area contributed by atoms with Crippen LogP contribution < -0.4 is 0 Å². The lowest BCUT2D eigenvalue weighted by Gasteiger charge is -2.30. The lowest BCUT2D eigenvalue weighted by atomic mass is 10.2. The largest absolute Gasteiger partial charge is 0.371 e. The fraction of sp³-hybridized carbons (Fsp3) is 1.00. The van der Waals surface area contributed by atoms with E-state index >= 15 is 0 Å². The molecule has 0 aromatic heterocycles. The third-order valence-corrected chi connectivity index (χ3v) is 6.53. The van der Waals surface area contributed by atoms with Crippen molar-refractivity contribution >= 4 is 24.8 Å². The third-order valence-electron chi connectivity index (χ3n) is 1.37. The molecule has 4 nitrogen and oxygen atoms in total. The van der Waals surface area contributed by atoms with Crippen molar-refractivity contribution in [3.63, 3.8) is 0 Å². The molecule has 0 fully saturated rings. The van der Waals surface area contributed by atoms with Gasteiger partial charge in [0.25, 0.3) is 0 Å². The normalized spacial score (nSPS) is 37.8. The van der Waals surface area contributed by atoms with Crippen LogP contribution in [0.3, 0.4) is 0 Å². The van der Waals surface area contributed by atoms with E-state index < -0.39 is 34.1 Å². The molecule has 1 rings (SSSR count).